The minimum absolute atomic E-state index is 0.162. The minimum atomic E-state index is 0.162. The van der Waals surface area contributed by atoms with E-state index in [4.69, 9.17) is 10.2 Å². The van der Waals surface area contributed by atoms with Crippen LogP contribution in [0, 0.1) is 0 Å². The van der Waals surface area contributed by atoms with E-state index in [2.05, 4.69) is 23.9 Å². The molecule has 2 N–H and O–H groups in total. The first-order valence-corrected chi connectivity index (χ1v) is 7.29. The van der Waals surface area contributed by atoms with Crippen molar-refractivity contribution in [3.8, 4) is 0 Å². The molecule has 2 aliphatic heterocycles. The molecule has 2 saturated heterocycles. The first-order chi connectivity index (χ1) is 9.14. The Labute approximate surface area is 115 Å². The first-order valence-electron chi connectivity index (χ1n) is 7.29. The zero-order chi connectivity index (χ0) is 13.5. The summed E-state index contributed by atoms with van der Waals surface area (Å²) >= 11 is 0. The summed E-state index contributed by atoms with van der Waals surface area (Å²) in [6.45, 7) is 1.68. The Morgan fingerprint density at radius 2 is 2.11 bits per heavy atom. The third-order valence-corrected chi connectivity index (χ3v) is 5.41. The van der Waals surface area contributed by atoms with Crippen LogP contribution in [0.1, 0.15) is 31.2 Å². The van der Waals surface area contributed by atoms with E-state index in [9.17, 15) is 0 Å². The number of rotatable bonds is 4. The maximum Gasteiger partial charge on any atom is 0.0947 e. The number of nitrogens with two attached hydrogens (primary N) is 1. The predicted molar refractivity (Wildman–Crippen MR) is 75.8 cm³/mol. The van der Waals surface area contributed by atoms with E-state index in [1.54, 1.807) is 6.26 Å². The van der Waals surface area contributed by atoms with E-state index in [1.807, 2.05) is 12.3 Å². The van der Waals surface area contributed by atoms with E-state index < -0.39 is 0 Å². The highest BCUT2D eigenvalue weighted by molar-refractivity contribution is 5.10. The highest BCUT2D eigenvalue weighted by Crippen LogP contribution is 2.42. The molecule has 2 unspecified atom stereocenters. The van der Waals surface area contributed by atoms with Gasteiger partial charge in [-0.05, 0) is 45.8 Å². The van der Waals surface area contributed by atoms with Gasteiger partial charge in [0.15, 0.2) is 0 Å². The molecule has 2 atom stereocenters. The van der Waals surface area contributed by atoms with Crippen LogP contribution in [0.2, 0.25) is 0 Å². The Hall–Kier alpha value is -0.840. The highest BCUT2D eigenvalue weighted by Gasteiger charge is 2.48. The van der Waals surface area contributed by atoms with Gasteiger partial charge in [-0.3, -0.25) is 4.90 Å². The molecular weight excluding hydrogens is 238 g/mol. The molecule has 3 heterocycles. The van der Waals surface area contributed by atoms with Crippen molar-refractivity contribution in [1.82, 2.24) is 9.80 Å². The highest BCUT2D eigenvalue weighted by atomic mass is 16.3. The third kappa shape index (κ3) is 2.22. The number of hydrogen-bond donors (Lipinski definition) is 1. The van der Waals surface area contributed by atoms with E-state index in [1.165, 1.54) is 31.2 Å². The van der Waals surface area contributed by atoms with E-state index in [0.29, 0.717) is 12.1 Å². The van der Waals surface area contributed by atoms with Crippen molar-refractivity contribution in [2.24, 2.45) is 5.73 Å². The molecule has 0 aromatic carbocycles. The summed E-state index contributed by atoms with van der Waals surface area (Å²) in [5.41, 5.74) is 7.58. The topological polar surface area (TPSA) is 45.6 Å². The minimum Gasteiger partial charge on any atom is -0.472 e. The van der Waals surface area contributed by atoms with Gasteiger partial charge in [-0.1, -0.05) is 0 Å². The Kier molecular flexibility index (Phi) is 3.41. The fourth-order valence-corrected chi connectivity index (χ4v) is 4.00. The molecule has 0 radical (unpaired) electrons. The van der Waals surface area contributed by atoms with Crippen LogP contribution in [0.25, 0.3) is 0 Å². The molecule has 0 aliphatic carbocycles. The molecule has 0 saturated carbocycles. The molecule has 1 aromatic heterocycles. The van der Waals surface area contributed by atoms with E-state index in [-0.39, 0.29) is 5.54 Å². The molecule has 1 aromatic rings. The van der Waals surface area contributed by atoms with Gasteiger partial charge in [0.05, 0.1) is 12.5 Å². The van der Waals surface area contributed by atoms with Gasteiger partial charge < -0.3 is 15.1 Å². The lowest BCUT2D eigenvalue weighted by Crippen LogP contribution is -2.60. The molecule has 19 heavy (non-hydrogen) atoms. The van der Waals surface area contributed by atoms with Gasteiger partial charge >= 0.3 is 0 Å². The number of fused-ring (bicyclic) bond motifs is 2. The van der Waals surface area contributed by atoms with Crippen LogP contribution in [0.5, 0.6) is 0 Å². The van der Waals surface area contributed by atoms with Crippen molar-refractivity contribution in [1.29, 1.82) is 0 Å². The first kappa shape index (κ1) is 13.2. The lowest BCUT2D eigenvalue weighted by Gasteiger charge is -2.49. The van der Waals surface area contributed by atoms with Crippen molar-refractivity contribution < 1.29 is 4.42 Å². The number of piperidine rings is 1. The van der Waals surface area contributed by atoms with Gasteiger partial charge in [-0.2, -0.15) is 0 Å². The summed E-state index contributed by atoms with van der Waals surface area (Å²) in [4.78, 5) is 5.02. The van der Waals surface area contributed by atoms with Crippen molar-refractivity contribution in [2.75, 3.05) is 20.6 Å². The lowest BCUT2D eigenvalue weighted by molar-refractivity contribution is 0.0117. The van der Waals surface area contributed by atoms with Gasteiger partial charge in [-0.25, -0.2) is 0 Å². The molecule has 4 heteroatoms. The molecule has 3 rings (SSSR count). The van der Waals surface area contributed by atoms with Gasteiger partial charge in [-0.15, -0.1) is 0 Å². The summed E-state index contributed by atoms with van der Waals surface area (Å²) in [5.74, 6) is 0. The second-order valence-corrected chi connectivity index (χ2v) is 6.37. The molecule has 2 aliphatic rings. The monoisotopic (exact) mass is 263 g/mol. The Balaban J connectivity index is 1.76. The molecule has 2 fully saturated rings. The molecule has 4 nitrogen and oxygen atoms in total. The maximum atomic E-state index is 6.18. The second kappa shape index (κ2) is 4.93. The molecule has 2 bridgehead atoms. The van der Waals surface area contributed by atoms with Crippen LogP contribution in [0.15, 0.2) is 23.0 Å². The van der Waals surface area contributed by atoms with Crippen molar-refractivity contribution in [3.63, 3.8) is 0 Å². The van der Waals surface area contributed by atoms with Crippen LogP contribution in [0.4, 0.5) is 0 Å². The summed E-state index contributed by atoms with van der Waals surface area (Å²) in [6, 6.07) is 3.48. The SMILES string of the molecule is CN1C2CCC1CC(CN)(N(C)Cc1ccoc1)C2. The Morgan fingerprint density at radius 3 is 2.63 bits per heavy atom. The number of furan rings is 1. The molecular formula is C15H25N3O. The van der Waals surface area contributed by atoms with Crippen LogP contribution in [-0.2, 0) is 6.54 Å². The molecule has 106 valence electrons. The van der Waals surface area contributed by atoms with E-state index in [0.717, 1.165) is 13.1 Å². The van der Waals surface area contributed by atoms with Crippen molar-refractivity contribution in [3.05, 3.63) is 24.2 Å². The van der Waals surface area contributed by atoms with Crippen molar-refractivity contribution in [2.45, 2.75) is 49.9 Å². The van der Waals surface area contributed by atoms with Crippen molar-refractivity contribution >= 4 is 0 Å². The molecule has 0 amide bonds. The van der Waals surface area contributed by atoms with Gasteiger partial charge in [0.1, 0.15) is 0 Å². The van der Waals surface area contributed by atoms with Crippen LogP contribution < -0.4 is 5.73 Å². The largest absolute Gasteiger partial charge is 0.472 e. The van der Waals surface area contributed by atoms with Gasteiger partial charge in [0, 0.05) is 36.3 Å². The zero-order valence-corrected chi connectivity index (χ0v) is 12.0. The zero-order valence-electron chi connectivity index (χ0n) is 12.0. The average Bonchev–Trinajstić information content (AvgIpc) is 2.96. The summed E-state index contributed by atoms with van der Waals surface area (Å²) < 4.78 is 5.17. The van der Waals surface area contributed by atoms with Crippen LogP contribution in [0.3, 0.4) is 0 Å². The second-order valence-electron chi connectivity index (χ2n) is 6.37. The maximum absolute atomic E-state index is 6.18. The number of hydrogen-bond acceptors (Lipinski definition) is 4. The number of nitrogens with zero attached hydrogens (tertiary/aromatic N) is 2. The van der Waals surface area contributed by atoms with Crippen LogP contribution >= 0.6 is 0 Å². The summed E-state index contributed by atoms with van der Waals surface area (Å²) in [6.07, 6.45) is 8.65. The summed E-state index contributed by atoms with van der Waals surface area (Å²) in [5, 5.41) is 0. The van der Waals surface area contributed by atoms with E-state index >= 15 is 0 Å². The third-order valence-electron chi connectivity index (χ3n) is 5.41. The summed E-state index contributed by atoms with van der Waals surface area (Å²) in [7, 11) is 4.49. The fraction of sp³-hybridized carbons (Fsp3) is 0.733. The lowest BCUT2D eigenvalue weighted by atomic mass is 9.81. The quantitative estimate of drug-likeness (QED) is 0.897. The number of likely N-dealkylation sites (N-methyl/N-ethyl adjacent to an activating group) is 1. The Bertz CT molecular complexity index is 403. The molecule has 0 spiro atoms. The average molecular weight is 263 g/mol. The Morgan fingerprint density at radius 1 is 1.42 bits per heavy atom. The fourth-order valence-electron chi connectivity index (χ4n) is 4.00. The van der Waals surface area contributed by atoms with Gasteiger partial charge in [0.2, 0.25) is 0 Å². The smallest absolute Gasteiger partial charge is 0.0947 e. The van der Waals surface area contributed by atoms with Crippen LogP contribution in [-0.4, -0.2) is 48.1 Å². The van der Waals surface area contributed by atoms with Gasteiger partial charge in [0.25, 0.3) is 0 Å². The standard InChI is InChI=1S/C15H25N3O/c1-17(9-12-5-6-19-10-12)15(11-16)7-13-3-4-14(8-15)18(13)2/h5-6,10,13-14H,3-4,7-9,11,16H2,1-2H3. The predicted octanol–water partition coefficient (Wildman–Crippen LogP) is 1.67. The normalized spacial score (nSPS) is 35.2.